The number of nitrogens with one attached hydrogen (secondary N) is 1. The van der Waals surface area contributed by atoms with E-state index in [4.69, 9.17) is 5.11 Å². The topological polar surface area (TPSA) is 69.6 Å². The van der Waals surface area contributed by atoms with Gasteiger partial charge < -0.3 is 15.5 Å². The monoisotopic (exact) mass is 293 g/mol. The van der Waals surface area contributed by atoms with Crippen LogP contribution < -0.4 is 5.32 Å². The predicted octanol–water partition coefficient (Wildman–Crippen LogP) is 3.76. The van der Waals surface area contributed by atoms with Crippen LogP contribution >= 0.6 is 0 Å². The Morgan fingerprint density at radius 2 is 1.95 bits per heavy atom. The molecule has 0 spiro atoms. The molecule has 4 nitrogen and oxygen atoms in total. The van der Waals surface area contributed by atoms with E-state index in [0.717, 1.165) is 32.2 Å². The molecule has 0 aliphatic rings. The van der Waals surface area contributed by atoms with Crippen molar-refractivity contribution in [3.8, 4) is 0 Å². The number of benzene rings is 1. The third-order valence-corrected chi connectivity index (χ3v) is 3.60. The molecule has 118 valence electrons. The zero-order valence-electron chi connectivity index (χ0n) is 13.2. The van der Waals surface area contributed by atoms with Gasteiger partial charge in [0.15, 0.2) is 0 Å². The van der Waals surface area contributed by atoms with E-state index in [1.165, 1.54) is 0 Å². The van der Waals surface area contributed by atoms with Crippen LogP contribution in [0.2, 0.25) is 0 Å². The zero-order chi connectivity index (χ0) is 15.9. The summed E-state index contributed by atoms with van der Waals surface area (Å²) in [6.45, 7) is 6.62. The quantitative estimate of drug-likeness (QED) is 0.648. The van der Waals surface area contributed by atoms with Crippen LogP contribution in [0.3, 0.4) is 0 Å². The molecule has 0 heterocycles. The summed E-state index contributed by atoms with van der Waals surface area (Å²) in [6.07, 6.45) is 3.88. The van der Waals surface area contributed by atoms with E-state index in [9.17, 15) is 9.90 Å². The van der Waals surface area contributed by atoms with Gasteiger partial charge in [-0.25, -0.2) is 4.79 Å². The van der Waals surface area contributed by atoms with Gasteiger partial charge >= 0.3 is 5.97 Å². The molecular formula is C17H27NO3. The molecular weight excluding hydrogens is 266 g/mol. The van der Waals surface area contributed by atoms with Crippen molar-refractivity contribution in [3.05, 3.63) is 29.8 Å². The van der Waals surface area contributed by atoms with Gasteiger partial charge in [-0.15, -0.1) is 0 Å². The van der Waals surface area contributed by atoms with Gasteiger partial charge in [-0.1, -0.05) is 31.9 Å². The number of anilines is 1. The Hall–Kier alpha value is -1.55. The summed E-state index contributed by atoms with van der Waals surface area (Å²) in [5, 5.41) is 22.0. The van der Waals surface area contributed by atoms with Gasteiger partial charge in [0, 0.05) is 12.2 Å². The Kier molecular flexibility index (Phi) is 6.69. The minimum absolute atomic E-state index is 0.312. The molecule has 1 rings (SSSR count). The molecule has 3 N–H and O–H groups in total. The van der Waals surface area contributed by atoms with Crippen LogP contribution in [-0.4, -0.2) is 28.3 Å². The highest BCUT2D eigenvalue weighted by Gasteiger charge is 2.13. The Morgan fingerprint density at radius 1 is 1.29 bits per heavy atom. The number of carboxylic acids is 1. The summed E-state index contributed by atoms with van der Waals surface area (Å²) in [5.41, 5.74) is 0.402. The lowest BCUT2D eigenvalue weighted by atomic mass is 9.95. The minimum atomic E-state index is -0.906. The number of rotatable bonds is 9. The average molecular weight is 293 g/mol. The van der Waals surface area contributed by atoms with E-state index in [1.807, 2.05) is 19.9 Å². The molecule has 21 heavy (non-hydrogen) atoms. The number of aromatic carboxylic acids is 1. The second-order valence-corrected chi connectivity index (χ2v) is 6.38. The molecule has 0 amide bonds. The molecule has 0 fully saturated rings. The van der Waals surface area contributed by atoms with Crippen molar-refractivity contribution in [2.24, 2.45) is 5.92 Å². The van der Waals surface area contributed by atoms with Gasteiger partial charge in [0.1, 0.15) is 0 Å². The molecule has 0 saturated carbocycles. The fourth-order valence-corrected chi connectivity index (χ4v) is 2.30. The van der Waals surface area contributed by atoms with Crippen molar-refractivity contribution in [2.75, 3.05) is 11.9 Å². The Labute approximate surface area is 127 Å². The standard InChI is InChI=1S/C17H27NO3/c1-13(7-6-11-17(2,3)21)10-12-18-15-9-5-4-8-14(15)16(19)20/h4-5,8-9,13,18,21H,6-7,10-12H2,1-3H3,(H,19,20). The molecule has 0 saturated heterocycles. The van der Waals surface area contributed by atoms with Crippen molar-refractivity contribution in [1.29, 1.82) is 0 Å². The van der Waals surface area contributed by atoms with E-state index in [0.29, 0.717) is 17.2 Å². The number of carboxylic acid groups (broad SMARTS) is 1. The number of aliphatic hydroxyl groups is 1. The molecule has 1 unspecified atom stereocenters. The molecule has 4 heteroatoms. The third kappa shape index (κ3) is 7.14. The zero-order valence-corrected chi connectivity index (χ0v) is 13.2. The summed E-state index contributed by atoms with van der Waals surface area (Å²) >= 11 is 0. The van der Waals surface area contributed by atoms with Crippen LogP contribution in [0.5, 0.6) is 0 Å². The number of hydrogen-bond acceptors (Lipinski definition) is 3. The summed E-state index contributed by atoms with van der Waals surface area (Å²) in [6, 6.07) is 6.97. The fraction of sp³-hybridized carbons (Fsp3) is 0.588. The molecule has 0 aliphatic carbocycles. The van der Waals surface area contributed by atoms with Crippen molar-refractivity contribution in [3.63, 3.8) is 0 Å². The Bertz CT molecular complexity index is 452. The van der Waals surface area contributed by atoms with Gasteiger partial charge in [0.25, 0.3) is 0 Å². The molecule has 1 atom stereocenters. The first-order valence-corrected chi connectivity index (χ1v) is 7.58. The van der Waals surface area contributed by atoms with Crippen LogP contribution in [0.25, 0.3) is 0 Å². The summed E-state index contributed by atoms with van der Waals surface area (Å²) in [5.74, 6) is -0.354. The molecule has 1 aromatic rings. The van der Waals surface area contributed by atoms with Crippen LogP contribution in [0.4, 0.5) is 5.69 Å². The molecule has 0 radical (unpaired) electrons. The van der Waals surface area contributed by atoms with E-state index in [1.54, 1.807) is 18.2 Å². The van der Waals surface area contributed by atoms with Gasteiger partial charge in [-0.05, 0) is 44.7 Å². The maximum Gasteiger partial charge on any atom is 0.337 e. The van der Waals surface area contributed by atoms with E-state index in [-0.39, 0.29) is 0 Å². The van der Waals surface area contributed by atoms with Crippen molar-refractivity contribution < 1.29 is 15.0 Å². The highest BCUT2D eigenvalue weighted by molar-refractivity contribution is 5.94. The Balaban J connectivity index is 2.32. The van der Waals surface area contributed by atoms with E-state index in [2.05, 4.69) is 12.2 Å². The number of para-hydroxylation sites is 1. The fourth-order valence-electron chi connectivity index (χ4n) is 2.30. The lowest BCUT2D eigenvalue weighted by molar-refractivity contribution is 0.0667. The highest BCUT2D eigenvalue weighted by Crippen LogP contribution is 2.19. The third-order valence-electron chi connectivity index (χ3n) is 3.60. The van der Waals surface area contributed by atoms with Crippen LogP contribution in [0.15, 0.2) is 24.3 Å². The predicted molar refractivity (Wildman–Crippen MR) is 85.8 cm³/mol. The first-order chi connectivity index (χ1) is 9.79. The van der Waals surface area contributed by atoms with Crippen molar-refractivity contribution in [2.45, 2.75) is 52.1 Å². The van der Waals surface area contributed by atoms with Gasteiger partial charge in [0.05, 0.1) is 11.2 Å². The van der Waals surface area contributed by atoms with Gasteiger partial charge in [0.2, 0.25) is 0 Å². The maximum absolute atomic E-state index is 11.1. The summed E-state index contributed by atoms with van der Waals surface area (Å²) in [4.78, 5) is 11.1. The van der Waals surface area contributed by atoms with Gasteiger partial charge in [-0.2, -0.15) is 0 Å². The van der Waals surface area contributed by atoms with Crippen molar-refractivity contribution in [1.82, 2.24) is 0 Å². The molecule has 0 aliphatic heterocycles. The summed E-state index contributed by atoms with van der Waals surface area (Å²) in [7, 11) is 0. The number of carbonyl (C=O) groups is 1. The summed E-state index contributed by atoms with van der Waals surface area (Å²) < 4.78 is 0. The van der Waals surface area contributed by atoms with E-state index >= 15 is 0 Å². The van der Waals surface area contributed by atoms with Crippen LogP contribution in [-0.2, 0) is 0 Å². The minimum Gasteiger partial charge on any atom is -0.478 e. The average Bonchev–Trinajstić information content (AvgIpc) is 2.37. The van der Waals surface area contributed by atoms with E-state index < -0.39 is 11.6 Å². The lowest BCUT2D eigenvalue weighted by Gasteiger charge is -2.18. The highest BCUT2D eigenvalue weighted by atomic mass is 16.4. The smallest absolute Gasteiger partial charge is 0.337 e. The second-order valence-electron chi connectivity index (χ2n) is 6.38. The SMILES string of the molecule is CC(CCCC(C)(C)O)CCNc1ccccc1C(=O)O. The second kappa shape index (κ2) is 8.03. The number of hydrogen-bond donors (Lipinski definition) is 3. The first kappa shape index (κ1) is 17.5. The normalized spacial score (nSPS) is 13.0. The van der Waals surface area contributed by atoms with Gasteiger partial charge in [-0.3, -0.25) is 0 Å². The molecule has 0 bridgehead atoms. The molecule has 0 aromatic heterocycles. The van der Waals surface area contributed by atoms with Crippen molar-refractivity contribution >= 4 is 11.7 Å². The van der Waals surface area contributed by atoms with Crippen LogP contribution in [0.1, 0.15) is 56.8 Å². The van der Waals surface area contributed by atoms with Crippen LogP contribution in [0, 0.1) is 5.92 Å². The molecule has 1 aromatic carbocycles. The maximum atomic E-state index is 11.1. The first-order valence-electron chi connectivity index (χ1n) is 7.58. The largest absolute Gasteiger partial charge is 0.478 e. The Morgan fingerprint density at radius 3 is 2.57 bits per heavy atom. The lowest BCUT2D eigenvalue weighted by Crippen LogP contribution is -2.18.